The van der Waals surface area contributed by atoms with Crippen LogP contribution in [0.15, 0.2) is 18.2 Å². The van der Waals surface area contributed by atoms with Crippen molar-refractivity contribution in [2.24, 2.45) is 16.7 Å². The van der Waals surface area contributed by atoms with Crippen LogP contribution in [0.1, 0.15) is 50.4 Å². The van der Waals surface area contributed by atoms with E-state index in [0.29, 0.717) is 22.2 Å². The molecule has 3 unspecified atom stereocenters. The third kappa shape index (κ3) is 1.97. The third-order valence-electron chi connectivity index (χ3n) is 6.24. The topological polar surface area (TPSA) is 52.3 Å². The molecule has 1 aromatic carbocycles. The van der Waals surface area contributed by atoms with E-state index in [1.807, 2.05) is 0 Å². The van der Waals surface area contributed by atoms with Crippen LogP contribution in [-0.4, -0.2) is 12.1 Å². The lowest BCUT2D eigenvalue weighted by atomic mass is 9.70. The summed E-state index contributed by atoms with van der Waals surface area (Å²) in [5.41, 5.74) is 6.83. The van der Waals surface area contributed by atoms with Crippen molar-refractivity contribution in [3.05, 3.63) is 28.8 Å². The summed E-state index contributed by atoms with van der Waals surface area (Å²) in [4.78, 5) is 12.4. The lowest BCUT2D eigenvalue weighted by molar-refractivity contribution is -0.0241. The quantitative estimate of drug-likeness (QED) is 0.655. The molecule has 114 valence electrons. The number of nitrogens with two attached hydrogens (primary N) is 1. The van der Waals surface area contributed by atoms with Gasteiger partial charge in [0.25, 0.3) is 0 Å². The molecule has 0 saturated heterocycles. The normalized spacial score (nSPS) is 33.1. The highest BCUT2D eigenvalue weighted by molar-refractivity contribution is 6.33. The predicted molar refractivity (Wildman–Crippen MR) is 84.3 cm³/mol. The van der Waals surface area contributed by atoms with Crippen LogP contribution in [0.2, 0.25) is 5.02 Å². The van der Waals surface area contributed by atoms with Gasteiger partial charge < -0.3 is 10.5 Å². The van der Waals surface area contributed by atoms with E-state index in [4.69, 9.17) is 22.1 Å². The van der Waals surface area contributed by atoms with Crippen LogP contribution in [0.25, 0.3) is 0 Å². The number of para-hydroxylation sites is 1. The molecule has 2 aliphatic rings. The van der Waals surface area contributed by atoms with Crippen molar-refractivity contribution >= 4 is 23.3 Å². The molecule has 2 bridgehead atoms. The molecule has 0 radical (unpaired) electrons. The van der Waals surface area contributed by atoms with Crippen LogP contribution in [0.3, 0.4) is 0 Å². The van der Waals surface area contributed by atoms with Crippen molar-refractivity contribution in [1.29, 1.82) is 0 Å². The monoisotopic (exact) mass is 307 g/mol. The molecule has 2 fully saturated rings. The van der Waals surface area contributed by atoms with E-state index in [2.05, 4.69) is 20.8 Å². The van der Waals surface area contributed by atoms with Crippen LogP contribution in [0.4, 0.5) is 5.69 Å². The van der Waals surface area contributed by atoms with Crippen LogP contribution in [-0.2, 0) is 4.74 Å². The molecular weight excluding hydrogens is 286 g/mol. The molecule has 2 saturated carbocycles. The maximum atomic E-state index is 12.4. The smallest absolute Gasteiger partial charge is 0.340 e. The summed E-state index contributed by atoms with van der Waals surface area (Å²) in [6.07, 6.45) is 3.28. The molecule has 0 aromatic heterocycles. The van der Waals surface area contributed by atoms with E-state index >= 15 is 0 Å². The van der Waals surface area contributed by atoms with Gasteiger partial charge in [-0.2, -0.15) is 0 Å². The number of hydrogen-bond acceptors (Lipinski definition) is 3. The number of anilines is 1. The first-order valence-electron chi connectivity index (χ1n) is 7.52. The van der Waals surface area contributed by atoms with Crippen molar-refractivity contribution < 1.29 is 9.53 Å². The van der Waals surface area contributed by atoms with Gasteiger partial charge in [-0.1, -0.05) is 38.4 Å². The molecule has 2 aliphatic carbocycles. The second kappa shape index (κ2) is 4.64. The number of esters is 1. The third-order valence-corrected chi connectivity index (χ3v) is 6.57. The molecule has 0 heterocycles. The zero-order chi connectivity index (χ0) is 15.4. The van der Waals surface area contributed by atoms with E-state index in [1.165, 1.54) is 6.42 Å². The Morgan fingerprint density at radius 2 is 2.10 bits per heavy atom. The second-order valence-corrected chi connectivity index (χ2v) is 7.61. The maximum Gasteiger partial charge on any atom is 0.340 e. The van der Waals surface area contributed by atoms with E-state index in [1.54, 1.807) is 18.2 Å². The molecule has 3 rings (SSSR count). The van der Waals surface area contributed by atoms with Gasteiger partial charge in [0.15, 0.2) is 0 Å². The Bertz CT molecular complexity index is 598. The SMILES string of the molecule is CC1(C)C2CCC1(C)C(OC(=O)c1cccc(Cl)c1N)C2. The van der Waals surface area contributed by atoms with Crippen molar-refractivity contribution in [3.8, 4) is 0 Å². The summed E-state index contributed by atoms with van der Waals surface area (Å²) in [6.45, 7) is 6.85. The fourth-order valence-electron chi connectivity index (χ4n) is 4.22. The number of ether oxygens (including phenoxy) is 1. The van der Waals surface area contributed by atoms with Crippen LogP contribution < -0.4 is 5.73 Å². The van der Waals surface area contributed by atoms with Crippen LogP contribution in [0, 0.1) is 16.7 Å². The molecule has 0 amide bonds. The zero-order valence-corrected chi connectivity index (χ0v) is 13.5. The van der Waals surface area contributed by atoms with Gasteiger partial charge in [0.2, 0.25) is 0 Å². The fraction of sp³-hybridized carbons (Fsp3) is 0.588. The van der Waals surface area contributed by atoms with E-state index in [9.17, 15) is 4.79 Å². The summed E-state index contributed by atoms with van der Waals surface area (Å²) in [5, 5.41) is 0.393. The molecule has 0 aliphatic heterocycles. The minimum Gasteiger partial charge on any atom is -0.458 e. The number of hydrogen-bond donors (Lipinski definition) is 1. The standard InChI is InChI=1S/C17H22ClNO2/c1-16(2)10-7-8-17(16,3)13(9-10)21-15(20)11-5-4-6-12(18)14(11)19/h4-6,10,13H,7-9,19H2,1-3H3. The number of rotatable bonds is 2. The summed E-state index contributed by atoms with van der Waals surface area (Å²) >= 11 is 5.98. The average molecular weight is 308 g/mol. The molecule has 3 nitrogen and oxygen atoms in total. The first kappa shape index (κ1) is 14.7. The summed E-state index contributed by atoms with van der Waals surface area (Å²) in [6, 6.07) is 5.07. The number of nitrogen functional groups attached to an aromatic ring is 1. The lowest BCUT2D eigenvalue weighted by Gasteiger charge is -2.38. The number of fused-ring (bicyclic) bond motifs is 2. The van der Waals surface area contributed by atoms with Gasteiger partial charge in [0.1, 0.15) is 6.10 Å². The Morgan fingerprint density at radius 3 is 2.67 bits per heavy atom. The molecular formula is C17H22ClNO2. The Labute approximate surface area is 130 Å². The van der Waals surface area contributed by atoms with Crippen molar-refractivity contribution in [1.82, 2.24) is 0 Å². The molecule has 1 aromatic rings. The minimum atomic E-state index is -0.357. The predicted octanol–water partition coefficient (Wildman–Crippen LogP) is 4.29. The van der Waals surface area contributed by atoms with Crippen molar-refractivity contribution in [3.63, 3.8) is 0 Å². The van der Waals surface area contributed by atoms with Gasteiger partial charge in [-0.3, -0.25) is 0 Å². The highest BCUT2D eigenvalue weighted by atomic mass is 35.5. The first-order chi connectivity index (χ1) is 9.77. The van der Waals surface area contributed by atoms with Gasteiger partial charge in [-0.05, 0) is 42.7 Å². The Hall–Kier alpha value is -1.22. The largest absolute Gasteiger partial charge is 0.458 e. The Morgan fingerprint density at radius 1 is 1.38 bits per heavy atom. The highest BCUT2D eigenvalue weighted by Gasteiger charge is 2.62. The van der Waals surface area contributed by atoms with Gasteiger partial charge in [-0.25, -0.2) is 4.79 Å². The molecule has 2 N–H and O–H groups in total. The Balaban J connectivity index is 1.82. The fourth-order valence-corrected chi connectivity index (χ4v) is 4.39. The van der Waals surface area contributed by atoms with Crippen LogP contribution in [0.5, 0.6) is 0 Å². The second-order valence-electron chi connectivity index (χ2n) is 7.21. The summed E-state index contributed by atoms with van der Waals surface area (Å²) in [5.74, 6) is 0.279. The van der Waals surface area contributed by atoms with Crippen molar-refractivity contribution in [2.45, 2.75) is 46.1 Å². The van der Waals surface area contributed by atoms with Gasteiger partial charge >= 0.3 is 5.97 Å². The van der Waals surface area contributed by atoms with E-state index < -0.39 is 0 Å². The van der Waals surface area contributed by atoms with E-state index in [-0.39, 0.29) is 22.9 Å². The number of carbonyl (C=O) groups excluding carboxylic acids is 1. The summed E-state index contributed by atoms with van der Waals surface area (Å²) < 4.78 is 5.83. The van der Waals surface area contributed by atoms with Gasteiger partial charge in [-0.15, -0.1) is 0 Å². The lowest BCUT2D eigenvalue weighted by Crippen LogP contribution is -2.38. The molecule has 3 atom stereocenters. The van der Waals surface area contributed by atoms with Crippen molar-refractivity contribution in [2.75, 3.05) is 5.73 Å². The molecule has 0 spiro atoms. The maximum absolute atomic E-state index is 12.4. The zero-order valence-electron chi connectivity index (χ0n) is 12.8. The highest BCUT2D eigenvalue weighted by Crippen LogP contribution is 2.66. The van der Waals surface area contributed by atoms with E-state index in [0.717, 1.165) is 12.8 Å². The number of benzene rings is 1. The van der Waals surface area contributed by atoms with Crippen LogP contribution >= 0.6 is 11.6 Å². The summed E-state index contributed by atoms with van der Waals surface area (Å²) in [7, 11) is 0. The molecule has 21 heavy (non-hydrogen) atoms. The van der Waals surface area contributed by atoms with Gasteiger partial charge in [0, 0.05) is 5.41 Å². The number of carbonyl (C=O) groups is 1. The average Bonchev–Trinajstić information content (AvgIpc) is 2.75. The minimum absolute atomic E-state index is 0.0304. The molecule has 4 heteroatoms. The van der Waals surface area contributed by atoms with Gasteiger partial charge in [0.05, 0.1) is 16.3 Å². The Kier molecular flexibility index (Phi) is 3.25. The number of halogens is 1. The first-order valence-corrected chi connectivity index (χ1v) is 7.90.